The summed E-state index contributed by atoms with van der Waals surface area (Å²) in [5.41, 5.74) is 0. The standard InChI is InChI=1S/C10H14O6S.C10H14O5S.2CH4/c11-8(12)4-2-1-3-7-9-6(5-17(7)14)15-10(13)16-9;11-8(12)4-2-1-3-7-9-6(5-16-7)14-10(13)15-9;;/h6-7,9H,1-5H2,(H,11,12);6-7,9H,1-5H2,(H,11,12);2*1H4/t6?,7-,9-,17?;6?,7-,9-;;/m00../s1. The Hall–Kier alpha value is -2.02. The van der Waals surface area contributed by atoms with Gasteiger partial charge in [0.25, 0.3) is 0 Å². The van der Waals surface area contributed by atoms with Crippen molar-refractivity contribution in [2.75, 3.05) is 11.5 Å². The molecule has 0 bridgehead atoms. The van der Waals surface area contributed by atoms with Crippen molar-refractivity contribution in [3.8, 4) is 0 Å². The summed E-state index contributed by atoms with van der Waals surface area (Å²) in [4.78, 5) is 42.5. The van der Waals surface area contributed by atoms with Gasteiger partial charge in [0.15, 0.2) is 24.4 Å². The second-order valence-corrected chi connectivity index (χ2v) is 11.2. The maximum atomic E-state index is 11.7. The molecule has 13 heteroatoms. The highest BCUT2D eigenvalue weighted by Crippen LogP contribution is 2.38. The Labute approximate surface area is 212 Å². The molecule has 0 spiro atoms. The van der Waals surface area contributed by atoms with E-state index in [1.807, 2.05) is 0 Å². The minimum atomic E-state index is -1.05. The molecule has 4 aliphatic heterocycles. The number of hydrogen-bond donors (Lipinski definition) is 2. The molecule has 4 saturated heterocycles. The number of carbonyl (C=O) groups excluding carboxylic acids is 2. The fraction of sp³-hybridized carbons (Fsp3) is 0.818. The van der Waals surface area contributed by atoms with Gasteiger partial charge in [0.1, 0.15) is 0 Å². The van der Waals surface area contributed by atoms with E-state index in [9.17, 15) is 23.4 Å². The number of ether oxygens (including phenoxy) is 4. The van der Waals surface area contributed by atoms with E-state index in [2.05, 4.69) is 0 Å². The van der Waals surface area contributed by atoms with Gasteiger partial charge in [-0.1, -0.05) is 27.7 Å². The zero-order chi connectivity index (χ0) is 24.0. The van der Waals surface area contributed by atoms with Crippen LogP contribution in [0.2, 0.25) is 0 Å². The van der Waals surface area contributed by atoms with Gasteiger partial charge >= 0.3 is 24.2 Å². The van der Waals surface area contributed by atoms with E-state index in [1.165, 1.54) is 0 Å². The van der Waals surface area contributed by atoms with Crippen LogP contribution in [0.5, 0.6) is 0 Å². The van der Waals surface area contributed by atoms with E-state index in [4.69, 9.17) is 29.2 Å². The Bertz CT molecular complexity index is 775. The van der Waals surface area contributed by atoms with Crippen LogP contribution in [0.25, 0.3) is 0 Å². The van der Waals surface area contributed by atoms with Crippen LogP contribution in [-0.4, -0.2) is 85.1 Å². The quantitative estimate of drug-likeness (QED) is 0.306. The largest absolute Gasteiger partial charge is 0.509 e. The Morgan fingerprint density at radius 2 is 1.37 bits per heavy atom. The van der Waals surface area contributed by atoms with Crippen molar-refractivity contribution in [3.05, 3.63) is 0 Å². The first-order chi connectivity index (χ1) is 15.7. The SMILES string of the molecule is C.C.O=C(O)CCCC[C@@H]1SCC2OC(=O)O[C@@H]21.O=C(O)CCCC[C@H]1[C@H]2OC(=O)OC2CS1=O. The predicted molar refractivity (Wildman–Crippen MR) is 129 cm³/mol. The molecule has 7 atom stereocenters. The molecule has 0 amide bonds. The number of aliphatic carboxylic acids is 2. The van der Waals surface area contributed by atoms with Crippen molar-refractivity contribution >= 4 is 46.8 Å². The van der Waals surface area contributed by atoms with Gasteiger partial charge in [-0.3, -0.25) is 13.8 Å². The molecule has 0 saturated carbocycles. The summed E-state index contributed by atoms with van der Waals surface area (Å²) in [5.74, 6) is -0.460. The van der Waals surface area contributed by atoms with Gasteiger partial charge in [-0.05, 0) is 25.7 Å². The fourth-order valence-corrected chi connectivity index (χ4v) is 7.47. The van der Waals surface area contributed by atoms with Crippen molar-refractivity contribution < 1.29 is 52.5 Å². The Balaban J connectivity index is 0.000000332. The zero-order valence-electron chi connectivity index (χ0n) is 17.9. The van der Waals surface area contributed by atoms with Crippen LogP contribution in [0, 0.1) is 0 Å². The lowest BCUT2D eigenvalue weighted by Gasteiger charge is -2.13. The molecule has 4 fully saturated rings. The third kappa shape index (κ3) is 8.85. The minimum absolute atomic E-state index is 0. The van der Waals surface area contributed by atoms with Gasteiger partial charge in [0.05, 0.1) is 11.0 Å². The summed E-state index contributed by atoms with van der Waals surface area (Å²) in [6, 6.07) is 0. The summed E-state index contributed by atoms with van der Waals surface area (Å²) >= 11 is 1.75. The maximum Gasteiger partial charge on any atom is 0.509 e. The van der Waals surface area contributed by atoms with Crippen molar-refractivity contribution in [3.63, 3.8) is 0 Å². The number of carboxylic acid groups (broad SMARTS) is 2. The van der Waals surface area contributed by atoms with Crippen LogP contribution in [0.15, 0.2) is 0 Å². The number of unbranched alkanes of at least 4 members (excludes halogenated alkanes) is 2. The third-order valence-electron chi connectivity index (χ3n) is 5.82. The molecule has 11 nitrogen and oxygen atoms in total. The van der Waals surface area contributed by atoms with Crippen LogP contribution < -0.4 is 0 Å². The molecule has 202 valence electrons. The van der Waals surface area contributed by atoms with Crippen molar-refractivity contribution in [1.82, 2.24) is 0 Å². The summed E-state index contributed by atoms with van der Waals surface area (Å²) in [7, 11) is -1.05. The van der Waals surface area contributed by atoms with Gasteiger partial charge in [-0.25, -0.2) is 9.59 Å². The summed E-state index contributed by atoms with van der Waals surface area (Å²) in [6.07, 6.45) is 2.31. The molecule has 2 N–H and O–H groups in total. The fourth-order valence-electron chi connectivity index (χ4n) is 4.23. The second kappa shape index (κ2) is 14.5. The van der Waals surface area contributed by atoms with E-state index in [-0.39, 0.29) is 56.5 Å². The van der Waals surface area contributed by atoms with Crippen LogP contribution >= 0.6 is 11.8 Å². The van der Waals surface area contributed by atoms with E-state index >= 15 is 0 Å². The first-order valence-corrected chi connectivity index (χ1v) is 13.3. The molecule has 4 heterocycles. The summed E-state index contributed by atoms with van der Waals surface area (Å²) < 4.78 is 31.7. The monoisotopic (exact) mass is 540 g/mol. The second-order valence-electron chi connectivity index (χ2n) is 8.21. The van der Waals surface area contributed by atoms with Crippen molar-refractivity contribution in [2.24, 2.45) is 0 Å². The Kier molecular flexibility index (Phi) is 12.9. The molecule has 4 aliphatic rings. The third-order valence-corrected chi connectivity index (χ3v) is 9.11. The van der Waals surface area contributed by atoms with E-state index in [0.29, 0.717) is 31.4 Å². The lowest BCUT2D eigenvalue weighted by atomic mass is 10.1. The molecule has 0 aromatic rings. The topological polar surface area (TPSA) is 163 Å². The number of fused-ring (bicyclic) bond motifs is 2. The van der Waals surface area contributed by atoms with Gasteiger partial charge in [-0.2, -0.15) is 11.8 Å². The van der Waals surface area contributed by atoms with Gasteiger partial charge in [-0.15, -0.1) is 0 Å². The van der Waals surface area contributed by atoms with Crippen LogP contribution in [0.3, 0.4) is 0 Å². The van der Waals surface area contributed by atoms with E-state index < -0.39 is 41.2 Å². The Morgan fingerprint density at radius 1 is 0.829 bits per heavy atom. The smallest absolute Gasteiger partial charge is 0.481 e. The van der Waals surface area contributed by atoms with Crippen LogP contribution in [-0.2, 0) is 39.3 Å². The van der Waals surface area contributed by atoms with Gasteiger partial charge in [0, 0.05) is 34.6 Å². The van der Waals surface area contributed by atoms with Crippen LogP contribution in [0.1, 0.15) is 66.2 Å². The summed E-state index contributed by atoms with van der Waals surface area (Å²) in [5, 5.41) is 17.0. The molecule has 0 aliphatic carbocycles. The molecule has 4 rings (SSSR count). The molecule has 35 heavy (non-hydrogen) atoms. The van der Waals surface area contributed by atoms with Crippen molar-refractivity contribution in [1.29, 1.82) is 0 Å². The van der Waals surface area contributed by atoms with Gasteiger partial charge in [0.2, 0.25) is 0 Å². The average Bonchev–Trinajstić information content (AvgIpc) is 3.44. The van der Waals surface area contributed by atoms with E-state index in [1.54, 1.807) is 11.8 Å². The maximum absolute atomic E-state index is 11.7. The molecule has 0 radical (unpaired) electrons. The first kappa shape index (κ1) is 31.0. The predicted octanol–water partition coefficient (Wildman–Crippen LogP) is 3.59. The minimum Gasteiger partial charge on any atom is -0.481 e. The normalized spacial score (nSPS) is 31.7. The van der Waals surface area contributed by atoms with Crippen molar-refractivity contribution in [2.45, 2.75) is 101 Å². The number of carbonyl (C=O) groups is 4. The van der Waals surface area contributed by atoms with Gasteiger partial charge < -0.3 is 29.2 Å². The first-order valence-electron chi connectivity index (χ1n) is 10.9. The number of thioether (sulfide) groups is 1. The lowest BCUT2D eigenvalue weighted by molar-refractivity contribution is -0.138. The average molecular weight is 541 g/mol. The highest BCUT2D eigenvalue weighted by Gasteiger charge is 2.51. The van der Waals surface area contributed by atoms with E-state index in [0.717, 1.165) is 18.6 Å². The lowest BCUT2D eigenvalue weighted by Crippen LogP contribution is -2.28. The number of carboxylic acids is 2. The number of hydrogen-bond acceptors (Lipinski definition) is 10. The molecule has 0 aromatic carbocycles. The molecule has 3 unspecified atom stereocenters. The zero-order valence-corrected chi connectivity index (χ0v) is 19.6. The summed E-state index contributed by atoms with van der Waals surface area (Å²) in [6.45, 7) is 0. The highest BCUT2D eigenvalue weighted by molar-refractivity contribution is 8.00. The van der Waals surface area contributed by atoms with Crippen LogP contribution in [0.4, 0.5) is 9.59 Å². The molecular formula is C22H36O11S2. The number of rotatable bonds is 10. The molecule has 0 aromatic heterocycles. The Morgan fingerprint density at radius 3 is 1.97 bits per heavy atom. The highest BCUT2D eigenvalue weighted by atomic mass is 32.2. The molecular weight excluding hydrogens is 504 g/mol.